The van der Waals surface area contributed by atoms with Crippen molar-refractivity contribution in [3.63, 3.8) is 0 Å². The van der Waals surface area contributed by atoms with Crippen LogP contribution in [0.1, 0.15) is 50.2 Å². The first-order valence-electron chi connectivity index (χ1n) is 12.5. The Kier molecular flexibility index (Phi) is 6.03. The molecule has 2 unspecified atom stereocenters. The Hall–Kier alpha value is -3.35. The quantitative estimate of drug-likeness (QED) is 0.649. The van der Waals surface area contributed by atoms with E-state index in [9.17, 15) is 19.5 Å². The lowest BCUT2D eigenvalue weighted by Crippen LogP contribution is -2.51. The van der Waals surface area contributed by atoms with E-state index < -0.39 is 23.5 Å². The summed E-state index contributed by atoms with van der Waals surface area (Å²) in [5, 5.41) is 12.6. The Morgan fingerprint density at radius 1 is 1.09 bits per heavy atom. The maximum Gasteiger partial charge on any atom is 0.407 e. The number of likely N-dealkylation sites (tertiary alicyclic amines) is 1. The van der Waals surface area contributed by atoms with Gasteiger partial charge in [-0.1, -0.05) is 68.8 Å². The zero-order chi connectivity index (χ0) is 24.7. The van der Waals surface area contributed by atoms with E-state index in [1.165, 1.54) is 0 Å². The Bertz CT molecular complexity index is 1120. The van der Waals surface area contributed by atoms with E-state index in [2.05, 4.69) is 29.6 Å². The van der Waals surface area contributed by atoms with Gasteiger partial charge in [0.15, 0.2) is 0 Å². The van der Waals surface area contributed by atoms with Crippen molar-refractivity contribution < 1.29 is 24.2 Å². The largest absolute Gasteiger partial charge is 0.481 e. The monoisotopic (exact) mass is 476 g/mol. The molecule has 1 saturated carbocycles. The molecule has 3 aliphatic rings. The van der Waals surface area contributed by atoms with Crippen molar-refractivity contribution in [3.8, 4) is 11.1 Å². The number of hydrogen-bond donors (Lipinski definition) is 2. The lowest BCUT2D eigenvalue weighted by Gasteiger charge is -2.28. The number of carboxylic acids is 1. The van der Waals surface area contributed by atoms with Crippen LogP contribution in [0.3, 0.4) is 0 Å². The molecule has 0 aromatic heterocycles. The normalized spacial score (nSPS) is 23.5. The molecule has 1 saturated heterocycles. The number of carbonyl (C=O) groups is 3. The van der Waals surface area contributed by atoms with Crippen molar-refractivity contribution in [3.05, 3.63) is 59.7 Å². The molecule has 3 atom stereocenters. The van der Waals surface area contributed by atoms with E-state index in [1.807, 2.05) is 38.1 Å². The molecule has 5 rings (SSSR count). The molecule has 35 heavy (non-hydrogen) atoms. The number of hydrogen-bond acceptors (Lipinski definition) is 4. The molecule has 7 nitrogen and oxygen atoms in total. The minimum atomic E-state index is -0.846. The number of amides is 2. The maximum absolute atomic E-state index is 13.4. The van der Waals surface area contributed by atoms with Crippen LogP contribution in [-0.2, 0) is 14.3 Å². The second-order valence-electron chi connectivity index (χ2n) is 10.5. The third-order valence-corrected chi connectivity index (χ3v) is 8.16. The maximum atomic E-state index is 13.4. The van der Waals surface area contributed by atoms with Gasteiger partial charge in [-0.15, -0.1) is 0 Å². The molecule has 2 aromatic rings. The van der Waals surface area contributed by atoms with Gasteiger partial charge in [-0.05, 0) is 46.9 Å². The molecule has 2 aromatic carbocycles. The van der Waals surface area contributed by atoms with Crippen LogP contribution >= 0.6 is 0 Å². The topological polar surface area (TPSA) is 95.9 Å². The predicted molar refractivity (Wildman–Crippen MR) is 131 cm³/mol. The average molecular weight is 477 g/mol. The molecule has 0 bridgehead atoms. The van der Waals surface area contributed by atoms with Gasteiger partial charge in [0.1, 0.15) is 12.6 Å². The van der Waals surface area contributed by atoms with Gasteiger partial charge in [0.05, 0.1) is 5.41 Å². The minimum absolute atomic E-state index is 0.0220. The molecule has 2 N–H and O–H groups in total. The van der Waals surface area contributed by atoms with Crippen LogP contribution in [0.15, 0.2) is 48.5 Å². The summed E-state index contributed by atoms with van der Waals surface area (Å²) in [6.07, 6.45) is 1.67. The fourth-order valence-electron chi connectivity index (χ4n) is 6.28. The fraction of sp³-hybridized carbons (Fsp3) is 0.464. The van der Waals surface area contributed by atoms with Gasteiger partial charge >= 0.3 is 12.1 Å². The van der Waals surface area contributed by atoms with E-state index >= 15 is 0 Å². The molecule has 0 spiro atoms. The van der Waals surface area contributed by atoms with Crippen molar-refractivity contribution in [2.45, 2.75) is 45.1 Å². The standard InChI is InChI=1S/C28H32N2O5/c1-17(2)24(25(31)30-14-18-8-7-13-28(18,16-30)26(32)33)29-27(34)35-15-23-21-11-5-3-9-19(21)20-10-4-6-12-22(20)23/h3-6,9-12,17-18,23-24H,7-8,13-16H2,1-2H3,(H,29,34)(H,32,33)/t18?,24-,28?/m0/s1. The number of nitrogens with one attached hydrogen (secondary N) is 1. The Balaban J connectivity index is 1.25. The van der Waals surface area contributed by atoms with Gasteiger partial charge in [-0.25, -0.2) is 4.79 Å². The van der Waals surface area contributed by atoms with E-state index in [4.69, 9.17) is 4.74 Å². The zero-order valence-electron chi connectivity index (χ0n) is 20.2. The number of ether oxygens (including phenoxy) is 1. The van der Waals surface area contributed by atoms with Crippen LogP contribution in [-0.4, -0.2) is 53.7 Å². The SMILES string of the molecule is CC(C)[C@H](NC(=O)OCC1c2ccccc2-c2ccccc21)C(=O)N1CC2CCCC2(C(=O)O)C1. The number of carboxylic acid groups (broad SMARTS) is 1. The molecular weight excluding hydrogens is 444 g/mol. The highest BCUT2D eigenvalue weighted by molar-refractivity contribution is 5.88. The van der Waals surface area contributed by atoms with Crippen LogP contribution in [0.2, 0.25) is 0 Å². The summed E-state index contributed by atoms with van der Waals surface area (Å²) in [5.41, 5.74) is 3.71. The van der Waals surface area contributed by atoms with E-state index in [-0.39, 0.29) is 36.8 Å². The fourth-order valence-corrected chi connectivity index (χ4v) is 6.28. The first-order chi connectivity index (χ1) is 16.8. The summed E-state index contributed by atoms with van der Waals surface area (Å²) in [6, 6.07) is 15.5. The van der Waals surface area contributed by atoms with Crippen molar-refractivity contribution in [2.24, 2.45) is 17.3 Å². The van der Waals surface area contributed by atoms with Gasteiger partial charge in [0.2, 0.25) is 5.91 Å². The lowest BCUT2D eigenvalue weighted by molar-refractivity contribution is -0.149. The van der Waals surface area contributed by atoms with E-state index in [0.717, 1.165) is 35.1 Å². The summed E-state index contributed by atoms with van der Waals surface area (Å²) in [4.78, 5) is 39.8. The number of rotatable bonds is 6. The molecule has 2 aliphatic carbocycles. The molecule has 2 fully saturated rings. The average Bonchev–Trinajstić information content (AvgIpc) is 3.50. The van der Waals surface area contributed by atoms with Crippen LogP contribution in [0, 0.1) is 17.3 Å². The molecule has 1 heterocycles. The smallest absolute Gasteiger partial charge is 0.407 e. The minimum Gasteiger partial charge on any atom is -0.481 e. The number of aliphatic carboxylic acids is 1. The number of carbonyl (C=O) groups excluding carboxylic acids is 2. The van der Waals surface area contributed by atoms with Gasteiger partial charge < -0.3 is 20.1 Å². The molecule has 0 radical (unpaired) electrons. The molecule has 7 heteroatoms. The summed E-state index contributed by atoms with van der Waals surface area (Å²) in [5.74, 6) is -1.30. The van der Waals surface area contributed by atoms with Gasteiger partial charge in [-0.2, -0.15) is 0 Å². The first kappa shape index (κ1) is 23.4. The molecule has 1 aliphatic heterocycles. The predicted octanol–water partition coefficient (Wildman–Crippen LogP) is 4.26. The van der Waals surface area contributed by atoms with Gasteiger partial charge in [0, 0.05) is 19.0 Å². The van der Waals surface area contributed by atoms with E-state index in [1.54, 1.807) is 4.90 Å². The molecule has 184 valence electrons. The highest BCUT2D eigenvalue weighted by Gasteiger charge is 2.56. The number of nitrogens with zero attached hydrogens (tertiary/aromatic N) is 1. The van der Waals surface area contributed by atoms with Crippen molar-refractivity contribution in [2.75, 3.05) is 19.7 Å². The zero-order valence-corrected chi connectivity index (χ0v) is 20.2. The lowest BCUT2D eigenvalue weighted by atomic mass is 9.81. The number of fused-ring (bicyclic) bond motifs is 4. The first-order valence-corrected chi connectivity index (χ1v) is 12.5. The van der Waals surface area contributed by atoms with Gasteiger partial charge in [0.25, 0.3) is 0 Å². The Morgan fingerprint density at radius 3 is 2.29 bits per heavy atom. The van der Waals surface area contributed by atoms with Crippen LogP contribution in [0.4, 0.5) is 4.79 Å². The second kappa shape index (κ2) is 9.02. The number of benzene rings is 2. The van der Waals surface area contributed by atoms with Crippen LogP contribution in [0.5, 0.6) is 0 Å². The molecule has 2 amide bonds. The van der Waals surface area contributed by atoms with Crippen LogP contribution < -0.4 is 5.32 Å². The summed E-state index contributed by atoms with van der Waals surface area (Å²) in [7, 11) is 0. The number of alkyl carbamates (subject to hydrolysis) is 1. The highest BCUT2D eigenvalue weighted by Crippen LogP contribution is 2.49. The van der Waals surface area contributed by atoms with Crippen molar-refractivity contribution in [1.29, 1.82) is 0 Å². The third kappa shape index (κ3) is 3.97. The molecular formula is C28H32N2O5. The summed E-state index contributed by atoms with van der Waals surface area (Å²) < 4.78 is 5.65. The van der Waals surface area contributed by atoms with E-state index in [0.29, 0.717) is 13.0 Å². The third-order valence-electron chi connectivity index (χ3n) is 8.16. The summed E-state index contributed by atoms with van der Waals surface area (Å²) in [6.45, 7) is 4.56. The summed E-state index contributed by atoms with van der Waals surface area (Å²) >= 11 is 0. The van der Waals surface area contributed by atoms with Crippen molar-refractivity contribution >= 4 is 18.0 Å². The van der Waals surface area contributed by atoms with Crippen LogP contribution in [0.25, 0.3) is 11.1 Å². The van der Waals surface area contributed by atoms with Gasteiger partial charge in [-0.3, -0.25) is 9.59 Å². The highest BCUT2D eigenvalue weighted by atomic mass is 16.5. The van der Waals surface area contributed by atoms with Crippen molar-refractivity contribution in [1.82, 2.24) is 10.2 Å². The second-order valence-corrected chi connectivity index (χ2v) is 10.5. The Morgan fingerprint density at radius 2 is 1.71 bits per heavy atom. The Labute approximate surface area is 205 Å².